The summed E-state index contributed by atoms with van der Waals surface area (Å²) in [4.78, 5) is 37.1. The first kappa shape index (κ1) is 55.0. The van der Waals surface area contributed by atoms with Gasteiger partial charge in [0.15, 0.2) is 0 Å². The Morgan fingerprint density at radius 1 is 0.936 bits per heavy atom. The van der Waals surface area contributed by atoms with Crippen molar-refractivity contribution in [2.75, 3.05) is 62.7 Å². The molecule has 18 heteroatoms. The van der Waals surface area contributed by atoms with Crippen LogP contribution >= 0.6 is 11.6 Å². The van der Waals surface area contributed by atoms with E-state index < -0.39 is 31.4 Å². The van der Waals surface area contributed by atoms with Crippen molar-refractivity contribution >= 4 is 61.2 Å². The standard InChI is InChI=1S/C45H50ClN7O7S.C15H22N2/c1-45(2)15-11-33(39(26-45)31-3-5-34(46)6-4-31)29-51-17-19-52(20-18-51)35-7-9-38(42(24-35)60-36-23-32-12-16-47-43(32)49-28-36)44(54)50-61(57,58)37-8-10-40(41(25-37)53(55)56)48-27-30-13-21-59-22-14-30;16-12-6-8-13(9-7-12)17-15-10-14(15)11-4-2-1-3-5-11/h3-10,12,16,23-25,28,30,48H,11,13-15,17-22,26-27,29H2,1-2H3,(H,47,49)(H,50,54);1-5,12-15,17H,6-10,16H2. The topological polar surface area (TPSA) is 210 Å². The maximum Gasteiger partial charge on any atom is 0.293 e. The number of aromatic nitrogens is 2. The number of carbonyl (C=O) groups excluding carboxylic acids is 1. The Hall–Kier alpha value is -6.34. The van der Waals surface area contributed by atoms with E-state index in [4.69, 9.17) is 26.8 Å². The molecular formula is C60H72ClN9O7S. The van der Waals surface area contributed by atoms with E-state index in [9.17, 15) is 23.3 Å². The summed E-state index contributed by atoms with van der Waals surface area (Å²) in [5, 5.41) is 20.5. The van der Waals surface area contributed by atoms with E-state index in [1.54, 1.807) is 30.5 Å². The van der Waals surface area contributed by atoms with Crippen molar-refractivity contribution in [3.8, 4) is 11.5 Å². The summed E-state index contributed by atoms with van der Waals surface area (Å²) in [6.07, 6.45) is 14.4. The number of fused-ring (bicyclic) bond motifs is 1. The molecule has 5 aliphatic rings. The lowest BCUT2D eigenvalue weighted by Gasteiger charge is -2.39. The number of nitro groups is 1. The first-order chi connectivity index (χ1) is 37.6. The molecule has 412 valence electrons. The fourth-order valence-electron chi connectivity index (χ4n) is 11.4. The highest BCUT2D eigenvalue weighted by molar-refractivity contribution is 7.90. The molecule has 2 aliphatic heterocycles. The third-order valence-corrected chi connectivity index (χ3v) is 17.8. The zero-order chi connectivity index (χ0) is 54.4. The number of rotatable bonds is 16. The van der Waals surface area contributed by atoms with Gasteiger partial charge >= 0.3 is 0 Å². The number of nitrogens with two attached hydrogens (primary N) is 1. The van der Waals surface area contributed by atoms with Crippen LogP contribution in [0.25, 0.3) is 16.6 Å². The molecule has 0 bridgehead atoms. The number of nitrogens with one attached hydrogen (secondary N) is 4. The van der Waals surface area contributed by atoms with E-state index in [0.29, 0.717) is 43.2 Å². The number of halogens is 1. The predicted octanol–water partition coefficient (Wildman–Crippen LogP) is 11.1. The van der Waals surface area contributed by atoms with Gasteiger partial charge in [0.1, 0.15) is 22.8 Å². The monoisotopic (exact) mass is 1100 g/mol. The first-order valence-electron chi connectivity index (χ1n) is 27.6. The average molecular weight is 1100 g/mol. The molecule has 3 aliphatic carbocycles. The SMILES string of the molecule is CC1(C)CCC(CN2CCN(c3ccc(C(=O)NS(=O)(=O)c4ccc(NCC5CCOCC5)c([N+](=O)[O-])c4)c(Oc4cnc5[nH]ccc5c4)c3)CC2)=C(c2ccc(Cl)cc2)C1.NC1CCC(NC2CC2c2ccccc2)CC1. The van der Waals surface area contributed by atoms with Crippen LogP contribution in [0.4, 0.5) is 17.1 Å². The lowest BCUT2D eigenvalue weighted by atomic mass is 9.72. The average Bonchev–Trinajstić information content (AvgIpc) is 4.07. The normalized spacial score (nSPS) is 21.8. The molecule has 2 saturated carbocycles. The Labute approximate surface area is 462 Å². The van der Waals surface area contributed by atoms with Crippen LogP contribution in [0, 0.1) is 21.4 Å². The summed E-state index contributed by atoms with van der Waals surface area (Å²) >= 11 is 6.24. The van der Waals surface area contributed by atoms with Crippen molar-refractivity contribution in [2.45, 2.75) is 107 Å². The van der Waals surface area contributed by atoms with Crippen LogP contribution in [0.3, 0.4) is 0 Å². The number of nitrogens with zero attached hydrogens (tertiary/aromatic N) is 4. The van der Waals surface area contributed by atoms with Crippen LogP contribution in [0.5, 0.6) is 11.5 Å². The molecule has 11 rings (SSSR count). The van der Waals surface area contributed by atoms with Crippen LogP contribution in [0.1, 0.15) is 105 Å². The zero-order valence-corrected chi connectivity index (χ0v) is 46.2. The first-order valence-corrected chi connectivity index (χ1v) is 29.4. The minimum absolute atomic E-state index is 0.0359. The smallest absolute Gasteiger partial charge is 0.293 e. The molecule has 0 radical (unpaired) electrons. The number of nitro benzene ring substituents is 1. The summed E-state index contributed by atoms with van der Waals surface area (Å²) in [5.74, 6) is 0.561. The number of hydrogen-bond acceptors (Lipinski definition) is 13. The molecule has 6 N–H and O–H groups in total. The van der Waals surface area contributed by atoms with Gasteiger partial charge in [-0.2, -0.15) is 0 Å². The minimum Gasteiger partial charge on any atom is -0.455 e. The number of allylic oxidation sites excluding steroid dienone is 1. The lowest BCUT2D eigenvalue weighted by Crippen LogP contribution is -2.47. The summed E-state index contributed by atoms with van der Waals surface area (Å²) in [6.45, 7) is 10.4. The maximum absolute atomic E-state index is 13.9. The fraction of sp³-hybridized carbons (Fsp3) is 0.433. The van der Waals surface area contributed by atoms with Crippen LogP contribution in [-0.2, 0) is 14.8 Å². The van der Waals surface area contributed by atoms with Crippen LogP contribution < -0.4 is 30.7 Å². The maximum atomic E-state index is 13.9. The van der Waals surface area contributed by atoms with Crippen LogP contribution in [0.2, 0.25) is 5.02 Å². The number of pyridine rings is 1. The van der Waals surface area contributed by atoms with Gasteiger partial charge in [0.2, 0.25) is 0 Å². The van der Waals surface area contributed by atoms with Crippen molar-refractivity contribution in [3.63, 3.8) is 0 Å². The highest BCUT2D eigenvalue weighted by Gasteiger charge is 2.40. The Morgan fingerprint density at radius 3 is 2.44 bits per heavy atom. The van der Waals surface area contributed by atoms with Crippen molar-refractivity contribution in [1.29, 1.82) is 0 Å². The number of aromatic amines is 1. The highest BCUT2D eigenvalue weighted by Crippen LogP contribution is 2.44. The molecule has 0 spiro atoms. The third-order valence-electron chi connectivity index (χ3n) is 16.2. The number of amides is 1. The molecule has 78 heavy (non-hydrogen) atoms. The third kappa shape index (κ3) is 13.9. The van der Waals surface area contributed by atoms with E-state index in [1.165, 1.54) is 72.7 Å². The number of H-pyrrole nitrogens is 1. The van der Waals surface area contributed by atoms with Gasteiger partial charge in [-0.1, -0.05) is 73.5 Å². The molecule has 4 heterocycles. The molecule has 2 unspecified atom stereocenters. The number of benzene rings is 4. The molecule has 4 aromatic carbocycles. The van der Waals surface area contributed by atoms with Gasteiger partial charge < -0.3 is 35.7 Å². The largest absolute Gasteiger partial charge is 0.455 e. The van der Waals surface area contributed by atoms with Crippen molar-refractivity contribution in [1.82, 2.24) is 24.9 Å². The number of carbonyl (C=O) groups is 1. The van der Waals surface area contributed by atoms with Crippen molar-refractivity contribution < 1.29 is 27.6 Å². The summed E-state index contributed by atoms with van der Waals surface area (Å²) in [7, 11) is -4.55. The highest BCUT2D eigenvalue weighted by atomic mass is 35.5. The second-order valence-corrected chi connectivity index (χ2v) is 24.6. The molecule has 6 aromatic rings. The second-order valence-electron chi connectivity index (χ2n) is 22.5. The zero-order valence-electron chi connectivity index (χ0n) is 44.6. The van der Waals surface area contributed by atoms with Gasteiger partial charge in [0.05, 0.1) is 21.6 Å². The second kappa shape index (κ2) is 24.4. The van der Waals surface area contributed by atoms with Crippen LogP contribution in [0.15, 0.2) is 126 Å². The molecular weight excluding hydrogens is 1030 g/mol. The Balaban J connectivity index is 0.000000341. The quantitative estimate of drug-likeness (QED) is 0.0452. The molecule has 4 fully saturated rings. The minimum atomic E-state index is -4.55. The van der Waals surface area contributed by atoms with Crippen molar-refractivity contribution in [3.05, 3.63) is 153 Å². The van der Waals surface area contributed by atoms with Gasteiger partial charge in [0.25, 0.3) is 21.6 Å². The number of sulfonamides is 1. The number of anilines is 2. The number of hydrogen-bond donors (Lipinski definition) is 5. The number of piperazine rings is 1. The van der Waals surface area contributed by atoms with E-state index in [-0.39, 0.29) is 28.3 Å². The van der Waals surface area contributed by atoms with Gasteiger partial charge in [-0.05, 0) is 141 Å². The molecule has 1 amide bonds. The molecule has 16 nitrogen and oxygen atoms in total. The molecule has 2 aromatic heterocycles. The summed E-state index contributed by atoms with van der Waals surface area (Å²) in [6, 6.07) is 33.2. The Bertz CT molecular complexity index is 3200. The Morgan fingerprint density at radius 2 is 1.69 bits per heavy atom. The molecule has 2 atom stereocenters. The van der Waals surface area contributed by atoms with Crippen molar-refractivity contribution in [2.24, 2.45) is 17.1 Å². The fourth-order valence-corrected chi connectivity index (χ4v) is 12.5. The van der Waals surface area contributed by atoms with Gasteiger partial charge in [-0.25, -0.2) is 18.1 Å². The summed E-state index contributed by atoms with van der Waals surface area (Å²) < 4.78 is 41.2. The van der Waals surface area contributed by atoms with Gasteiger partial charge in [-0.15, -0.1) is 0 Å². The molecule has 2 saturated heterocycles. The van der Waals surface area contributed by atoms with E-state index in [1.807, 2.05) is 18.2 Å². The summed E-state index contributed by atoms with van der Waals surface area (Å²) in [5.41, 5.74) is 13.0. The predicted molar refractivity (Wildman–Crippen MR) is 308 cm³/mol. The van der Waals surface area contributed by atoms with E-state index in [0.717, 1.165) is 99.0 Å². The van der Waals surface area contributed by atoms with Crippen LogP contribution in [-0.4, -0.2) is 105 Å². The van der Waals surface area contributed by atoms with Gasteiger partial charge in [0, 0.05) is 111 Å². The van der Waals surface area contributed by atoms with Gasteiger partial charge in [-0.3, -0.25) is 19.8 Å². The number of ether oxygens (including phenoxy) is 2. The van der Waals surface area contributed by atoms with E-state index >= 15 is 0 Å². The lowest BCUT2D eigenvalue weighted by molar-refractivity contribution is -0.384. The van der Waals surface area contributed by atoms with E-state index in [2.05, 4.69) is 91.4 Å². The Kier molecular flexibility index (Phi) is 17.2.